The maximum absolute atomic E-state index is 11.6. The Morgan fingerprint density at radius 2 is 2.29 bits per heavy atom. The van der Waals surface area contributed by atoms with E-state index in [9.17, 15) is 4.79 Å². The van der Waals surface area contributed by atoms with Gasteiger partial charge < -0.3 is 5.11 Å². The highest BCUT2D eigenvalue weighted by molar-refractivity contribution is 7.80. The van der Waals surface area contributed by atoms with E-state index in [1.807, 2.05) is 0 Å². The van der Waals surface area contributed by atoms with E-state index in [0.29, 0.717) is 16.0 Å². The van der Waals surface area contributed by atoms with Crippen LogP contribution in [0.15, 0.2) is 23.1 Å². The van der Waals surface area contributed by atoms with Crippen molar-refractivity contribution in [1.29, 1.82) is 0 Å². The van der Waals surface area contributed by atoms with E-state index in [2.05, 4.69) is 12.6 Å². The van der Waals surface area contributed by atoms with Gasteiger partial charge in [-0.1, -0.05) is 6.07 Å². The summed E-state index contributed by atoms with van der Waals surface area (Å²) < 4.78 is 0. The molecule has 14 heavy (non-hydrogen) atoms. The molecule has 1 aromatic carbocycles. The van der Waals surface area contributed by atoms with Crippen LogP contribution in [0, 0.1) is 0 Å². The van der Waals surface area contributed by atoms with Crippen LogP contribution >= 0.6 is 24.2 Å². The summed E-state index contributed by atoms with van der Waals surface area (Å²) in [6.45, 7) is 1.52. The molecule has 0 fully saturated rings. The second-order valence-electron chi connectivity index (χ2n) is 2.99. The third-order valence-corrected chi connectivity index (χ3v) is 2.46. The molecule has 0 spiro atoms. The lowest BCUT2D eigenvalue weighted by Gasteiger charge is -2.07. The predicted molar refractivity (Wildman–Crippen MR) is 59.3 cm³/mol. The molecule has 0 saturated carbocycles. The van der Waals surface area contributed by atoms with Gasteiger partial charge >= 0.3 is 0 Å². The van der Waals surface area contributed by atoms with Crippen molar-refractivity contribution < 1.29 is 9.90 Å². The van der Waals surface area contributed by atoms with E-state index in [0.717, 1.165) is 0 Å². The zero-order valence-corrected chi connectivity index (χ0v) is 9.35. The summed E-state index contributed by atoms with van der Waals surface area (Å²) in [6, 6.07) is 5.02. The van der Waals surface area contributed by atoms with Crippen molar-refractivity contribution in [2.75, 3.05) is 0 Å². The van der Waals surface area contributed by atoms with Crippen molar-refractivity contribution in [2.45, 2.75) is 23.8 Å². The molecule has 1 aromatic rings. The van der Waals surface area contributed by atoms with Gasteiger partial charge in [0.1, 0.15) is 0 Å². The molecule has 76 valence electrons. The summed E-state index contributed by atoms with van der Waals surface area (Å²) in [6.07, 6.45) is 0. The van der Waals surface area contributed by atoms with Gasteiger partial charge in [0.25, 0.3) is 0 Å². The summed E-state index contributed by atoms with van der Waals surface area (Å²) in [5, 5.41) is 8.33. The van der Waals surface area contributed by atoms with Crippen LogP contribution in [-0.4, -0.2) is 16.3 Å². The van der Waals surface area contributed by atoms with Gasteiger partial charge in [0.15, 0.2) is 5.78 Å². The second kappa shape index (κ2) is 4.82. The summed E-state index contributed by atoms with van der Waals surface area (Å²) >= 11 is 9.84. The molecule has 1 N–H and O–H groups in total. The molecule has 0 aliphatic heterocycles. The lowest BCUT2D eigenvalue weighted by atomic mass is 10.1. The van der Waals surface area contributed by atoms with Crippen LogP contribution < -0.4 is 0 Å². The number of benzene rings is 1. The van der Waals surface area contributed by atoms with Crippen LogP contribution in [0.5, 0.6) is 0 Å². The molecule has 0 aliphatic carbocycles. The Labute approximate surface area is 93.3 Å². The molecule has 0 amide bonds. The largest absolute Gasteiger partial charge is 0.392 e. The lowest BCUT2D eigenvalue weighted by Crippen LogP contribution is -2.11. The van der Waals surface area contributed by atoms with Crippen LogP contribution in [-0.2, 0) is 6.61 Å². The maximum atomic E-state index is 11.6. The number of alkyl halides is 1. The number of carbonyl (C=O) groups is 1. The zero-order chi connectivity index (χ0) is 10.7. The predicted octanol–water partition coefficient (Wildman–Crippen LogP) is 2.28. The number of carbonyl (C=O) groups excluding carboxylic acids is 1. The quantitative estimate of drug-likeness (QED) is 0.475. The molecule has 0 bridgehead atoms. The first-order chi connectivity index (χ1) is 6.56. The Morgan fingerprint density at radius 1 is 1.64 bits per heavy atom. The summed E-state index contributed by atoms with van der Waals surface area (Å²) in [5.41, 5.74) is 1.14. The average molecular weight is 231 g/mol. The summed E-state index contributed by atoms with van der Waals surface area (Å²) in [5.74, 6) is -0.174. The standard InChI is InChI=1S/C10H11ClO2S/c1-6(11)10(13)8-4-7(5-12)2-3-9(8)14/h2-4,6,12,14H,5H2,1H3. The van der Waals surface area contributed by atoms with Gasteiger partial charge in [-0.3, -0.25) is 4.79 Å². The van der Waals surface area contributed by atoms with E-state index in [1.54, 1.807) is 25.1 Å². The number of halogens is 1. The Balaban J connectivity index is 3.12. The smallest absolute Gasteiger partial charge is 0.181 e. The average Bonchev–Trinajstić information content (AvgIpc) is 2.17. The molecule has 0 radical (unpaired) electrons. The molecule has 0 aromatic heterocycles. The lowest BCUT2D eigenvalue weighted by molar-refractivity contribution is 0.0989. The van der Waals surface area contributed by atoms with Crippen molar-refractivity contribution >= 4 is 30.0 Å². The normalized spacial score (nSPS) is 12.6. The second-order valence-corrected chi connectivity index (χ2v) is 4.13. The number of hydrogen-bond acceptors (Lipinski definition) is 3. The van der Waals surface area contributed by atoms with Gasteiger partial charge in [-0.15, -0.1) is 24.2 Å². The van der Waals surface area contributed by atoms with Crippen molar-refractivity contribution in [2.24, 2.45) is 0 Å². The molecular formula is C10H11ClO2S. The SMILES string of the molecule is CC(Cl)C(=O)c1cc(CO)ccc1S. The number of thiol groups is 1. The van der Waals surface area contributed by atoms with E-state index < -0.39 is 5.38 Å². The molecule has 1 atom stereocenters. The van der Waals surface area contributed by atoms with Crippen molar-refractivity contribution in [1.82, 2.24) is 0 Å². The van der Waals surface area contributed by atoms with Gasteiger partial charge in [0.2, 0.25) is 0 Å². The van der Waals surface area contributed by atoms with Crippen molar-refractivity contribution in [3.8, 4) is 0 Å². The molecule has 4 heteroatoms. The number of hydrogen-bond donors (Lipinski definition) is 2. The molecule has 1 unspecified atom stereocenters. The highest BCUT2D eigenvalue weighted by atomic mass is 35.5. The van der Waals surface area contributed by atoms with E-state index in [1.165, 1.54) is 0 Å². The number of ketones is 1. The van der Waals surface area contributed by atoms with Gasteiger partial charge in [-0.05, 0) is 24.6 Å². The summed E-state index contributed by atoms with van der Waals surface area (Å²) in [7, 11) is 0. The highest BCUT2D eigenvalue weighted by Crippen LogP contribution is 2.19. The third kappa shape index (κ3) is 2.50. The summed E-state index contributed by atoms with van der Waals surface area (Å²) in [4.78, 5) is 12.2. The molecule has 2 nitrogen and oxygen atoms in total. The fraction of sp³-hybridized carbons (Fsp3) is 0.300. The fourth-order valence-electron chi connectivity index (χ4n) is 1.09. The molecule has 1 rings (SSSR count). The fourth-order valence-corrected chi connectivity index (χ4v) is 1.46. The van der Waals surface area contributed by atoms with Crippen LogP contribution in [0.25, 0.3) is 0 Å². The van der Waals surface area contributed by atoms with Crippen LogP contribution in [0.3, 0.4) is 0 Å². The maximum Gasteiger partial charge on any atom is 0.181 e. The van der Waals surface area contributed by atoms with Gasteiger partial charge in [0.05, 0.1) is 12.0 Å². The topological polar surface area (TPSA) is 37.3 Å². The molecule has 0 heterocycles. The van der Waals surface area contributed by atoms with Gasteiger partial charge in [0, 0.05) is 10.5 Å². The first-order valence-electron chi connectivity index (χ1n) is 4.17. The first-order valence-corrected chi connectivity index (χ1v) is 5.05. The minimum absolute atomic E-state index is 0.0923. The third-order valence-electron chi connectivity index (χ3n) is 1.87. The van der Waals surface area contributed by atoms with E-state index in [-0.39, 0.29) is 12.4 Å². The van der Waals surface area contributed by atoms with Crippen LogP contribution in [0.2, 0.25) is 0 Å². The molecular weight excluding hydrogens is 220 g/mol. The van der Waals surface area contributed by atoms with Gasteiger partial charge in [-0.2, -0.15) is 0 Å². The number of aliphatic hydroxyl groups excluding tert-OH is 1. The highest BCUT2D eigenvalue weighted by Gasteiger charge is 2.15. The zero-order valence-electron chi connectivity index (χ0n) is 7.70. The van der Waals surface area contributed by atoms with Crippen LogP contribution in [0.4, 0.5) is 0 Å². The van der Waals surface area contributed by atoms with Crippen molar-refractivity contribution in [3.63, 3.8) is 0 Å². The minimum Gasteiger partial charge on any atom is -0.392 e. The van der Waals surface area contributed by atoms with Gasteiger partial charge in [-0.25, -0.2) is 0 Å². The molecule has 0 saturated heterocycles. The Hall–Kier alpha value is -0.510. The molecule has 0 aliphatic rings. The van der Waals surface area contributed by atoms with Crippen molar-refractivity contribution in [3.05, 3.63) is 29.3 Å². The Bertz CT molecular complexity index is 350. The monoisotopic (exact) mass is 230 g/mol. The van der Waals surface area contributed by atoms with E-state index >= 15 is 0 Å². The van der Waals surface area contributed by atoms with E-state index in [4.69, 9.17) is 16.7 Å². The first kappa shape index (κ1) is 11.6. The van der Waals surface area contributed by atoms with Crippen LogP contribution in [0.1, 0.15) is 22.8 Å². The number of rotatable bonds is 3. The Morgan fingerprint density at radius 3 is 2.79 bits per heavy atom. The number of Topliss-reactive ketones (excluding diaryl/α,β-unsaturated/α-hetero) is 1. The minimum atomic E-state index is -0.574. The number of aliphatic hydroxyl groups is 1. The Kier molecular flexibility index (Phi) is 3.98.